The summed E-state index contributed by atoms with van der Waals surface area (Å²) in [5.41, 5.74) is 0. The lowest BCUT2D eigenvalue weighted by Crippen LogP contribution is -2.63. The number of aliphatic hydroxyl groups excluding tert-OH is 17. The van der Waals surface area contributed by atoms with Crippen LogP contribution < -0.4 is 0 Å². The highest BCUT2D eigenvalue weighted by Crippen LogP contribution is 2.28. The molecular weight excluding hydrogens is 640 g/mol. The molecule has 0 bridgehead atoms. The van der Waals surface area contributed by atoms with Crippen molar-refractivity contribution in [3.63, 3.8) is 0 Å². The van der Waals surface area contributed by atoms with Crippen molar-refractivity contribution in [1.82, 2.24) is 0 Å². The first-order chi connectivity index (χ1) is 21.6. The number of rotatable bonds is 12. The summed E-state index contributed by atoms with van der Waals surface area (Å²) in [6.07, 6.45) is -30.7. The van der Waals surface area contributed by atoms with Gasteiger partial charge >= 0.3 is 0 Å². The number of hydrogen-bond donors (Lipinski definition) is 17. The van der Waals surface area contributed by atoms with E-state index in [9.17, 15) is 61.3 Å². The molecule has 19 atom stereocenters. The third-order valence-corrected chi connectivity index (χ3v) is 7.59. The smallest absolute Gasteiger partial charge is 0.189 e. The minimum absolute atomic E-state index is 0.667. The van der Waals surface area contributed by atoms with Crippen LogP contribution in [-0.2, 0) is 23.7 Å². The second-order valence-corrected chi connectivity index (χ2v) is 10.8. The zero-order valence-electron chi connectivity index (χ0n) is 24.1. The van der Waals surface area contributed by atoms with E-state index in [0.717, 1.165) is 0 Å². The van der Waals surface area contributed by atoms with Crippen LogP contribution in [0, 0.1) is 0 Å². The van der Waals surface area contributed by atoms with E-state index < -0.39 is 150 Å². The van der Waals surface area contributed by atoms with Gasteiger partial charge in [0.25, 0.3) is 0 Å². The van der Waals surface area contributed by atoms with Crippen molar-refractivity contribution >= 4 is 0 Å². The molecule has 22 heteroatoms. The van der Waals surface area contributed by atoms with Crippen LogP contribution in [0.2, 0.25) is 0 Å². The fourth-order valence-electron chi connectivity index (χ4n) is 4.66. The monoisotopic (exact) mass is 686 g/mol. The van der Waals surface area contributed by atoms with Crippen molar-refractivity contribution in [2.24, 2.45) is 0 Å². The van der Waals surface area contributed by atoms with Gasteiger partial charge in [0.2, 0.25) is 0 Å². The van der Waals surface area contributed by atoms with Gasteiger partial charge in [-0.15, -0.1) is 0 Å². The van der Waals surface area contributed by atoms with Gasteiger partial charge in [0.1, 0.15) is 97.7 Å². The molecule has 0 aliphatic carbocycles. The highest BCUT2D eigenvalue weighted by Gasteiger charge is 2.50. The maximum absolute atomic E-state index is 9.84. The van der Waals surface area contributed by atoms with Crippen LogP contribution in [0.5, 0.6) is 0 Å². The summed E-state index contributed by atoms with van der Waals surface area (Å²) in [6, 6.07) is 0. The summed E-state index contributed by atoms with van der Waals surface area (Å²) in [6.45, 7) is -3.79. The molecule has 274 valence electrons. The molecule has 0 saturated carbocycles. The van der Waals surface area contributed by atoms with Crippen molar-refractivity contribution in [3.8, 4) is 0 Å². The van der Waals surface area contributed by atoms with Gasteiger partial charge in [-0.05, 0) is 0 Å². The topological polar surface area (TPSA) is 390 Å². The molecule has 0 aromatic carbocycles. The van der Waals surface area contributed by atoms with Crippen LogP contribution in [-0.4, -0.2) is 236 Å². The zero-order valence-corrected chi connectivity index (χ0v) is 24.1. The molecule has 22 nitrogen and oxygen atoms in total. The van der Waals surface area contributed by atoms with E-state index in [-0.39, 0.29) is 0 Å². The molecule has 0 aromatic rings. The van der Waals surface area contributed by atoms with Crippen molar-refractivity contribution in [3.05, 3.63) is 0 Å². The molecule has 0 radical (unpaired) electrons. The lowest BCUT2D eigenvalue weighted by molar-refractivity contribution is -0.376. The van der Waals surface area contributed by atoms with Crippen LogP contribution in [0.3, 0.4) is 0 Å². The molecule has 0 spiro atoms. The van der Waals surface area contributed by atoms with Crippen LogP contribution in [0.4, 0.5) is 0 Å². The van der Waals surface area contributed by atoms with Crippen LogP contribution in [0.15, 0.2) is 0 Å². The van der Waals surface area contributed by atoms with Gasteiger partial charge in [-0.2, -0.15) is 0 Å². The SMILES string of the molecule is OC[C@@H](O)[C@@H](O[C@@H]1O[C@H](CO)[C@H](O)[C@H](O)[C@H]1O)[C@H](O)[C@@H](O)CO.OC[C@H]1O[C@H](O[C@H]2O[C@H](CO)[C@@H](O)[C@H](O)[C@H]2O)[C@H](O)[C@@H](O)[C@@H]1O. The van der Waals surface area contributed by atoms with Gasteiger partial charge in [0, 0.05) is 0 Å². The molecule has 0 unspecified atom stereocenters. The average Bonchev–Trinajstić information content (AvgIpc) is 3.06. The first-order valence-electron chi connectivity index (χ1n) is 14.1. The predicted molar refractivity (Wildman–Crippen MR) is 139 cm³/mol. The van der Waals surface area contributed by atoms with Gasteiger partial charge in [0.05, 0.1) is 33.0 Å². The Balaban J connectivity index is 0.000000320. The Hall–Kier alpha value is -0.880. The van der Waals surface area contributed by atoms with Gasteiger partial charge in [-0.25, -0.2) is 0 Å². The standard InChI is InChI=1S/C12H22O11.C12H24O11/c13-1-3-5(15)7(17)9(19)11(21-3)23-12-10(20)8(18)6(16)4(2-14)22-12;13-1-4(16)7(18)11(5(17)2-14)23-12-10(21)9(20)8(19)6(3-15)22-12/h3-20H,1-2H2;4-21H,1-3H2/t3-,4-,5-,6-,7+,8+,9-,10-,11-,12-;4-,5+,6+,7+,8-,9-,10+,11+,12-/m10/s1. The second-order valence-electron chi connectivity index (χ2n) is 10.8. The van der Waals surface area contributed by atoms with Crippen molar-refractivity contribution < 1.29 is 110 Å². The molecule has 0 amide bonds. The van der Waals surface area contributed by atoms with Crippen molar-refractivity contribution in [1.29, 1.82) is 0 Å². The van der Waals surface area contributed by atoms with Crippen molar-refractivity contribution in [2.75, 3.05) is 33.0 Å². The summed E-state index contributed by atoms with van der Waals surface area (Å²) in [4.78, 5) is 0. The Labute approximate surface area is 260 Å². The summed E-state index contributed by atoms with van der Waals surface area (Å²) in [5.74, 6) is 0. The highest BCUT2D eigenvalue weighted by molar-refractivity contribution is 4.93. The van der Waals surface area contributed by atoms with Crippen molar-refractivity contribution in [2.45, 2.75) is 117 Å². The quantitative estimate of drug-likeness (QED) is 0.0905. The van der Waals surface area contributed by atoms with Gasteiger partial charge < -0.3 is 110 Å². The Morgan fingerprint density at radius 3 is 1.09 bits per heavy atom. The molecule has 3 heterocycles. The normalized spacial score (nSPS) is 44.4. The lowest BCUT2D eigenvalue weighted by atomic mass is 9.98. The van der Waals surface area contributed by atoms with E-state index in [1.54, 1.807) is 0 Å². The fourth-order valence-corrected chi connectivity index (χ4v) is 4.66. The van der Waals surface area contributed by atoms with Gasteiger partial charge in [0.15, 0.2) is 18.9 Å². The maximum atomic E-state index is 9.84. The Bertz CT molecular complexity index is 819. The van der Waals surface area contributed by atoms with Gasteiger partial charge in [-0.1, -0.05) is 0 Å². The predicted octanol–water partition coefficient (Wildman–Crippen LogP) is -11.2. The van der Waals surface area contributed by atoms with E-state index in [2.05, 4.69) is 0 Å². The zero-order chi connectivity index (χ0) is 35.0. The highest BCUT2D eigenvalue weighted by atomic mass is 16.8. The van der Waals surface area contributed by atoms with E-state index in [0.29, 0.717) is 0 Å². The molecular formula is C24H46O22. The van der Waals surface area contributed by atoms with E-state index >= 15 is 0 Å². The molecule has 0 aromatic heterocycles. The van der Waals surface area contributed by atoms with E-state index in [4.69, 9.17) is 49.2 Å². The molecule has 3 aliphatic rings. The van der Waals surface area contributed by atoms with Crippen LogP contribution in [0.1, 0.15) is 0 Å². The first kappa shape index (κ1) is 41.3. The molecule has 3 aliphatic heterocycles. The summed E-state index contributed by atoms with van der Waals surface area (Å²) < 4.78 is 25.5. The lowest BCUT2D eigenvalue weighted by Gasteiger charge is -2.44. The van der Waals surface area contributed by atoms with Crippen LogP contribution >= 0.6 is 0 Å². The Morgan fingerprint density at radius 1 is 0.435 bits per heavy atom. The van der Waals surface area contributed by atoms with E-state index in [1.165, 1.54) is 0 Å². The third-order valence-electron chi connectivity index (χ3n) is 7.59. The number of aliphatic hydroxyl groups is 17. The molecule has 3 fully saturated rings. The third kappa shape index (κ3) is 9.63. The molecule has 17 N–H and O–H groups in total. The fraction of sp³-hybridized carbons (Fsp3) is 1.00. The maximum Gasteiger partial charge on any atom is 0.189 e. The molecule has 3 saturated heterocycles. The Kier molecular flexibility index (Phi) is 16.8. The first-order valence-corrected chi connectivity index (χ1v) is 14.1. The van der Waals surface area contributed by atoms with Gasteiger partial charge in [-0.3, -0.25) is 0 Å². The summed E-state index contributed by atoms with van der Waals surface area (Å²) in [7, 11) is 0. The Morgan fingerprint density at radius 2 is 0.761 bits per heavy atom. The minimum atomic E-state index is -1.85. The average molecular weight is 687 g/mol. The van der Waals surface area contributed by atoms with Crippen LogP contribution in [0.25, 0.3) is 0 Å². The molecule has 46 heavy (non-hydrogen) atoms. The number of hydrogen-bond acceptors (Lipinski definition) is 22. The second kappa shape index (κ2) is 18.8. The largest absolute Gasteiger partial charge is 0.394 e. The van der Waals surface area contributed by atoms with E-state index in [1.807, 2.05) is 0 Å². The molecule has 3 rings (SSSR count). The summed E-state index contributed by atoms with van der Waals surface area (Å²) in [5, 5.41) is 161. The number of ether oxygens (including phenoxy) is 5. The summed E-state index contributed by atoms with van der Waals surface area (Å²) >= 11 is 0. The minimum Gasteiger partial charge on any atom is -0.394 e.